The molecule has 2 aromatic rings. The lowest BCUT2D eigenvalue weighted by Gasteiger charge is -2.16. The van der Waals surface area contributed by atoms with Gasteiger partial charge in [0.25, 0.3) is 0 Å². The molecule has 19 heavy (non-hydrogen) atoms. The van der Waals surface area contributed by atoms with Crippen molar-refractivity contribution in [3.8, 4) is 5.88 Å². The zero-order chi connectivity index (χ0) is 14.3. The molecule has 0 saturated heterocycles. The second-order valence-corrected chi connectivity index (χ2v) is 6.03. The second-order valence-electron chi connectivity index (χ2n) is 6.03. The van der Waals surface area contributed by atoms with Crippen molar-refractivity contribution in [2.45, 2.75) is 59.3 Å². The third-order valence-corrected chi connectivity index (χ3v) is 3.39. The largest absolute Gasteiger partial charge is 0.494 e. The first-order chi connectivity index (χ1) is 8.82. The van der Waals surface area contributed by atoms with Crippen LogP contribution in [0.15, 0.2) is 6.20 Å². The van der Waals surface area contributed by atoms with Crippen molar-refractivity contribution in [3.63, 3.8) is 0 Å². The first-order valence-corrected chi connectivity index (χ1v) is 6.94. The summed E-state index contributed by atoms with van der Waals surface area (Å²) in [4.78, 5) is 9.16. The van der Waals surface area contributed by atoms with Crippen LogP contribution < -0.4 is 0 Å². The normalized spacial score (nSPS) is 12.3. The average molecular weight is 261 g/mol. The van der Waals surface area contributed by atoms with Gasteiger partial charge in [-0.05, 0) is 17.8 Å². The van der Waals surface area contributed by atoms with Gasteiger partial charge in [0, 0.05) is 11.8 Å². The fourth-order valence-electron chi connectivity index (χ4n) is 2.31. The summed E-state index contributed by atoms with van der Waals surface area (Å²) in [5.41, 5.74) is 2.83. The number of rotatable bonds is 3. The molecule has 4 nitrogen and oxygen atoms in total. The quantitative estimate of drug-likeness (QED) is 0.914. The molecule has 104 valence electrons. The highest BCUT2D eigenvalue weighted by molar-refractivity contribution is 5.45. The zero-order valence-electron chi connectivity index (χ0n) is 12.6. The maximum absolute atomic E-state index is 10.5. The Kier molecular flexibility index (Phi) is 3.52. The molecule has 0 atom stereocenters. The van der Waals surface area contributed by atoms with Gasteiger partial charge in [0.05, 0.1) is 11.4 Å². The van der Waals surface area contributed by atoms with Gasteiger partial charge >= 0.3 is 0 Å². The van der Waals surface area contributed by atoms with E-state index in [4.69, 9.17) is 0 Å². The predicted molar refractivity (Wildman–Crippen MR) is 76.9 cm³/mol. The lowest BCUT2D eigenvalue weighted by molar-refractivity contribution is 0.430. The molecule has 0 aliphatic carbocycles. The summed E-state index contributed by atoms with van der Waals surface area (Å²) < 4.78 is 1.70. The molecule has 2 rings (SSSR count). The minimum atomic E-state index is 0.235. The fraction of sp³-hybridized carbons (Fsp3) is 0.600. The highest BCUT2D eigenvalue weighted by Gasteiger charge is 2.21. The van der Waals surface area contributed by atoms with Gasteiger partial charge in [-0.25, -0.2) is 9.97 Å². The smallest absolute Gasteiger partial charge is 0.237 e. The van der Waals surface area contributed by atoms with E-state index in [0.717, 1.165) is 17.0 Å². The maximum Gasteiger partial charge on any atom is 0.237 e. The first kappa shape index (κ1) is 13.8. The lowest BCUT2D eigenvalue weighted by Crippen LogP contribution is -2.06. The molecule has 0 aromatic carbocycles. The molecule has 0 saturated carbocycles. The van der Waals surface area contributed by atoms with E-state index in [9.17, 15) is 5.11 Å². The summed E-state index contributed by atoms with van der Waals surface area (Å²) >= 11 is 0. The van der Waals surface area contributed by atoms with Crippen molar-refractivity contribution in [1.82, 2.24) is 14.4 Å². The van der Waals surface area contributed by atoms with E-state index in [1.807, 2.05) is 6.20 Å². The minimum absolute atomic E-state index is 0.235. The average Bonchev–Trinajstić information content (AvgIpc) is 2.72. The van der Waals surface area contributed by atoms with Crippen LogP contribution in [0.5, 0.6) is 5.88 Å². The van der Waals surface area contributed by atoms with Crippen LogP contribution in [-0.2, 0) is 0 Å². The van der Waals surface area contributed by atoms with E-state index in [1.165, 1.54) is 0 Å². The van der Waals surface area contributed by atoms with E-state index in [1.54, 1.807) is 4.40 Å². The van der Waals surface area contributed by atoms with Gasteiger partial charge in [-0.2, -0.15) is 0 Å². The van der Waals surface area contributed by atoms with Crippen molar-refractivity contribution in [2.24, 2.45) is 0 Å². The molecular weight excluding hydrogens is 238 g/mol. The van der Waals surface area contributed by atoms with Gasteiger partial charge in [-0.1, -0.05) is 41.5 Å². The third-order valence-electron chi connectivity index (χ3n) is 3.39. The van der Waals surface area contributed by atoms with Crippen molar-refractivity contribution >= 4 is 5.78 Å². The lowest BCUT2D eigenvalue weighted by atomic mass is 9.96. The van der Waals surface area contributed by atoms with Gasteiger partial charge in [-0.3, -0.25) is 4.40 Å². The van der Waals surface area contributed by atoms with Crippen molar-refractivity contribution in [1.29, 1.82) is 0 Å². The maximum atomic E-state index is 10.5. The molecule has 2 aromatic heterocycles. The molecule has 0 unspecified atom stereocenters. The SMILES string of the molecule is CC(C)c1cn2c(O)c(C(C)C)c(C(C)C)nc2n1. The Bertz CT molecular complexity index is 597. The predicted octanol–water partition coefficient (Wildman–Crippen LogP) is 3.81. The molecule has 4 heteroatoms. The molecule has 0 bridgehead atoms. The van der Waals surface area contributed by atoms with E-state index < -0.39 is 0 Å². The minimum Gasteiger partial charge on any atom is -0.494 e. The van der Waals surface area contributed by atoms with Gasteiger partial charge < -0.3 is 5.11 Å². The fourth-order valence-corrected chi connectivity index (χ4v) is 2.31. The zero-order valence-corrected chi connectivity index (χ0v) is 12.6. The number of fused-ring (bicyclic) bond motifs is 1. The number of aromatic hydroxyl groups is 1. The number of imidazole rings is 1. The van der Waals surface area contributed by atoms with E-state index >= 15 is 0 Å². The first-order valence-electron chi connectivity index (χ1n) is 6.94. The summed E-state index contributed by atoms with van der Waals surface area (Å²) in [7, 11) is 0. The van der Waals surface area contributed by atoms with Crippen molar-refractivity contribution in [3.05, 3.63) is 23.1 Å². The molecule has 0 fully saturated rings. The van der Waals surface area contributed by atoms with Gasteiger partial charge in [0.2, 0.25) is 11.7 Å². The highest BCUT2D eigenvalue weighted by atomic mass is 16.3. The van der Waals surface area contributed by atoms with Crippen LogP contribution in [0.1, 0.15) is 76.2 Å². The summed E-state index contributed by atoms with van der Waals surface area (Å²) in [6.07, 6.45) is 1.89. The highest BCUT2D eigenvalue weighted by Crippen LogP contribution is 2.33. The molecule has 2 heterocycles. The number of hydrogen-bond donors (Lipinski definition) is 1. The van der Waals surface area contributed by atoms with Crippen LogP contribution in [0, 0.1) is 0 Å². The van der Waals surface area contributed by atoms with Crippen LogP contribution in [0.3, 0.4) is 0 Å². The Hall–Kier alpha value is -1.58. The van der Waals surface area contributed by atoms with Crippen LogP contribution >= 0.6 is 0 Å². The number of nitrogens with zero attached hydrogens (tertiary/aromatic N) is 3. The molecule has 0 amide bonds. The molecule has 0 radical (unpaired) electrons. The van der Waals surface area contributed by atoms with Crippen LogP contribution in [0.25, 0.3) is 5.78 Å². The standard InChI is InChI=1S/C15H23N3O/c1-8(2)11-7-18-14(19)12(9(3)4)13(10(5)6)17-15(18)16-11/h7-10,19H,1-6H3. The molecular formula is C15H23N3O. The van der Waals surface area contributed by atoms with Crippen LogP contribution in [-0.4, -0.2) is 19.5 Å². The van der Waals surface area contributed by atoms with Crippen LogP contribution in [0.2, 0.25) is 0 Å². The van der Waals surface area contributed by atoms with Crippen molar-refractivity contribution < 1.29 is 5.11 Å². The van der Waals surface area contributed by atoms with Crippen molar-refractivity contribution in [2.75, 3.05) is 0 Å². The molecule has 0 spiro atoms. The van der Waals surface area contributed by atoms with Gasteiger partial charge in [-0.15, -0.1) is 0 Å². The topological polar surface area (TPSA) is 50.4 Å². The molecule has 1 N–H and O–H groups in total. The second kappa shape index (κ2) is 4.83. The molecule has 0 aliphatic rings. The third kappa shape index (κ3) is 2.31. The summed E-state index contributed by atoms with van der Waals surface area (Å²) in [6.45, 7) is 12.5. The number of hydrogen-bond acceptors (Lipinski definition) is 3. The summed E-state index contributed by atoms with van der Waals surface area (Å²) in [5.74, 6) is 1.70. The Morgan fingerprint density at radius 2 is 1.58 bits per heavy atom. The Labute approximate surface area is 114 Å². The monoisotopic (exact) mass is 261 g/mol. The van der Waals surface area contributed by atoms with Crippen LogP contribution in [0.4, 0.5) is 0 Å². The van der Waals surface area contributed by atoms with Gasteiger partial charge in [0.1, 0.15) is 0 Å². The van der Waals surface area contributed by atoms with E-state index in [2.05, 4.69) is 51.5 Å². The Morgan fingerprint density at radius 3 is 2.05 bits per heavy atom. The Balaban J connectivity index is 2.77. The molecule has 0 aliphatic heterocycles. The van der Waals surface area contributed by atoms with Gasteiger partial charge in [0.15, 0.2) is 0 Å². The van der Waals surface area contributed by atoms with E-state index in [-0.39, 0.29) is 17.7 Å². The summed E-state index contributed by atoms with van der Waals surface area (Å²) in [5, 5.41) is 10.5. The Morgan fingerprint density at radius 1 is 0.947 bits per heavy atom. The van der Waals surface area contributed by atoms with E-state index in [0.29, 0.717) is 11.7 Å². The summed E-state index contributed by atoms with van der Waals surface area (Å²) in [6, 6.07) is 0. The number of aromatic nitrogens is 3.